The van der Waals surface area contributed by atoms with Gasteiger partial charge in [-0.2, -0.15) is 0 Å². The van der Waals surface area contributed by atoms with Crippen LogP contribution in [0.15, 0.2) is 0 Å². The fourth-order valence-electron chi connectivity index (χ4n) is 2.80. The Balaban J connectivity index is 1.83. The van der Waals surface area contributed by atoms with Gasteiger partial charge in [-0.1, -0.05) is 13.8 Å². The third-order valence-corrected chi connectivity index (χ3v) is 4.75. The summed E-state index contributed by atoms with van der Waals surface area (Å²) in [7, 11) is 0. The average Bonchev–Trinajstić information content (AvgIpc) is 2.28. The first kappa shape index (κ1) is 13.7. The minimum Gasteiger partial charge on any atom is -0.352 e. The summed E-state index contributed by atoms with van der Waals surface area (Å²) >= 11 is 0. The number of hydrogen-bond acceptors (Lipinski definition) is 2. The summed E-state index contributed by atoms with van der Waals surface area (Å²) < 4.78 is 26.0. The molecule has 1 amide bonds. The molecule has 2 saturated carbocycles. The number of halogens is 2. The van der Waals surface area contributed by atoms with Gasteiger partial charge in [-0.3, -0.25) is 4.79 Å². The quantitative estimate of drug-likeness (QED) is 0.798. The highest BCUT2D eigenvalue weighted by Gasteiger charge is 2.47. The van der Waals surface area contributed by atoms with Crippen LogP contribution in [0.2, 0.25) is 0 Å². The van der Waals surface area contributed by atoms with Gasteiger partial charge in [-0.15, -0.1) is 0 Å². The Labute approximate surface area is 106 Å². The Morgan fingerprint density at radius 1 is 1.28 bits per heavy atom. The molecule has 0 radical (unpaired) electrons. The van der Waals surface area contributed by atoms with E-state index in [2.05, 4.69) is 5.32 Å². The zero-order chi connectivity index (χ0) is 13.6. The minimum absolute atomic E-state index is 0.0736. The number of carbonyl (C=O) groups is 1. The van der Waals surface area contributed by atoms with Crippen molar-refractivity contribution in [2.45, 2.75) is 64.0 Å². The van der Waals surface area contributed by atoms with Crippen LogP contribution in [0.5, 0.6) is 0 Å². The fourth-order valence-corrected chi connectivity index (χ4v) is 2.80. The molecule has 2 atom stereocenters. The van der Waals surface area contributed by atoms with Crippen LogP contribution in [0.4, 0.5) is 8.78 Å². The monoisotopic (exact) mass is 260 g/mol. The van der Waals surface area contributed by atoms with Gasteiger partial charge < -0.3 is 11.1 Å². The van der Waals surface area contributed by atoms with Gasteiger partial charge >= 0.3 is 0 Å². The second-order valence-corrected chi connectivity index (χ2v) is 6.35. The summed E-state index contributed by atoms with van der Waals surface area (Å²) in [6.45, 7) is 4.06. The molecule has 0 aromatic carbocycles. The molecule has 0 bridgehead atoms. The van der Waals surface area contributed by atoms with Crippen LogP contribution >= 0.6 is 0 Å². The van der Waals surface area contributed by atoms with Crippen molar-refractivity contribution in [3.8, 4) is 0 Å². The predicted octanol–water partition coefficient (Wildman–Crippen LogP) is 2.05. The van der Waals surface area contributed by atoms with E-state index in [1.165, 1.54) is 0 Å². The smallest absolute Gasteiger partial charge is 0.248 e. The van der Waals surface area contributed by atoms with E-state index in [0.29, 0.717) is 0 Å². The van der Waals surface area contributed by atoms with E-state index in [9.17, 15) is 13.6 Å². The van der Waals surface area contributed by atoms with Gasteiger partial charge in [-0.25, -0.2) is 8.78 Å². The summed E-state index contributed by atoms with van der Waals surface area (Å²) in [5.74, 6) is -2.90. The molecule has 3 nitrogen and oxygen atoms in total. The summed E-state index contributed by atoms with van der Waals surface area (Å²) in [6.07, 6.45) is 1.02. The minimum atomic E-state index is -2.57. The maximum absolute atomic E-state index is 13.0. The number of carbonyl (C=O) groups excluding carboxylic acids is 1. The highest BCUT2D eigenvalue weighted by molar-refractivity contribution is 5.79. The third-order valence-electron chi connectivity index (χ3n) is 4.75. The topological polar surface area (TPSA) is 55.1 Å². The number of nitrogens with two attached hydrogens (primary N) is 1. The highest BCUT2D eigenvalue weighted by atomic mass is 19.3. The highest BCUT2D eigenvalue weighted by Crippen LogP contribution is 2.40. The lowest BCUT2D eigenvalue weighted by Gasteiger charge is -2.50. The van der Waals surface area contributed by atoms with Crippen LogP contribution in [0, 0.1) is 11.3 Å². The Morgan fingerprint density at radius 3 is 2.28 bits per heavy atom. The van der Waals surface area contributed by atoms with Crippen molar-refractivity contribution in [1.29, 1.82) is 0 Å². The van der Waals surface area contributed by atoms with Gasteiger partial charge in [0.2, 0.25) is 11.8 Å². The van der Waals surface area contributed by atoms with E-state index in [4.69, 9.17) is 5.73 Å². The zero-order valence-electron chi connectivity index (χ0n) is 11.0. The normalized spacial score (nSPS) is 34.7. The van der Waals surface area contributed by atoms with Gasteiger partial charge in [0.25, 0.3) is 0 Å². The van der Waals surface area contributed by atoms with Crippen LogP contribution in [0.1, 0.15) is 46.0 Å². The SMILES string of the molecule is CC1(C)C(N)CC1NC(=O)C1CCC(F)(F)CC1. The molecule has 0 aromatic rings. The second-order valence-electron chi connectivity index (χ2n) is 6.35. The maximum atomic E-state index is 13.0. The molecule has 2 rings (SSSR count). The number of hydrogen-bond donors (Lipinski definition) is 2. The van der Waals surface area contributed by atoms with Gasteiger partial charge in [0.1, 0.15) is 0 Å². The number of nitrogens with one attached hydrogen (secondary N) is 1. The van der Waals surface area contributed by atoms with Crippen molar-refractivity contribution < 1.29 is 13.6 Å². The van der Waals surface area contributed by atoms with Crippen molar-refractivity contribution in [3.05, 3.63) is 0 Å². The number of rotatable bonds is 2. The van der Waals surface area contributed by atoms with Crippen molar-refractivity contribution in [3.63, 3.8) is 0 Å². The molecular weight excluding hydrogens is 238 g/mol. The molecule has 0 aliphatic heterocycles. The van der Waals surface area contributed by atoms with E-state index in [1.54, 1.807) is 0 Å². The predicted molar refractivity (Wildman–Crippen MR) is 65.2 cm³/mol. The molecule has 0 aromatic heterocycles. The summed E-state index contributed by atoms with van der Waals surface area (Å²) in [5.41, 5.74) is 5.80. The lowest BCUT2D eigenvalue weighted by molar-refractivity contribution is -0.132. The Morgan fingerprint density at radius 2 is 1.83 bits per heavy atom. The van der Waals surface area contributed by atoms with Crippen LogP contribution in [0.25, 0.3) is 0 Å². The summed E-state index contributed by atoms with van der Waals surface area (Å²) in [4.78, 5) is 12.0. The standard InChI is InChI=1S/C13H22F2N2O/c1-12(2)9(16)7-10(12)17-11(18)8-3-5-13(14,15)6-4-8/h8-10H,3-7,16H2,1-2H3,(H,17,18). The van der Waals surface area contributed by atoms with Crippen molar-refractivity contribution in [1.82, 2.24) is 5.32 Å². The molecule has 2 aliphatic carbocycles. The molecule has 2 unspecified atom stereocenters. The van der Waals surface area contributed by atoms with Gasteiger partial charge in [-0.05, 0) is 19.3 Å². The first-order valence-electron chi connectivity index (χ1n) is 6.66. The summed E-state index contributed by atoms with van der Waals surface area (Å²) in [6, 6.07) is 0.195. The third kappa shape index (κ3) is 2.51. The van der Waals surface area contributed by atoms with Gasteiger partial charge in [0, 0.05) is 36.3 Å². The number of amides is 1. The summed E-state index contributed by atoms with van der Waals surface area (Å²) in [5, 5.41) is 2.97. The molecule has 104 valence electrons. The first-order chi connectivity index (χ1) is 8.22. The lowest BCUT2D eigenvalue weighted by atomic mass is 9.63. The van der Waals surface area contributed by atoms with E-state index in [-0.39, 0.29) is 55.0 Å². The van der Waals surface area contributed by atoms with Crippen molar-refractivity contribution in [2.24, 2.45) is 17.1 Å². The van der Waals surface area contributed by atoms with Crippen molar-refractivity contribution >= 4 is 5.91 Å². The average molecular weight is 260 g/mol. The van der Waals surface area contributed by atoms with Crippen LogP contribution in [0.3, 0.4) is 0 Å². The maximum Gasteiger partial charge on any atom is 0.248 e. The van der Waals surface area contributed by atoms with Crippen molar-refractivity contribution in [2.75, 3.05) is 0 Å². The molecule has 18 heavy (non-hydrogen) atoms. The molecule has 0 spiro atoms. The Hall–Kier alpha value is -0.710. The zero-order valence-corrected chi connectivity index (χ0v) is 11.0. The van der Waals surface area contributed by atoms with E-state index < -0.39 is 5.92 Å². The van der Waals surface area contributed by atoms with E-state index in [0.717, 1.165) is 6.42 Å². The van der Waals surface area contributed by atoms with Crippen LogP contribution in [-0.4, -0.2) is 23.9 Å². The molecule has 0 saturated heterocycles. The molecule has 0 heterocycles. The largest absolute Gasteiger partial charge is 0.352 e. The van der Waals surface area contributed by atoms with E-state index >= 15 is 0 Å². The molecule has 2 fully saturated rings. The van der Waals surface area contributed by atoms with E-state index in [1.807, 2.05) is 13.8 Å². The lowest BCUT2D eigenvalue weighted by Crippen LogP contribution is -2.65. The molecule has 3 N–H and O–H groups in total. The Kier molecular flexibility index (Phi) is 3.38. The Bertz CT molecular complexity index is 334. The molecule has 5 heteroatoms. The van der Waals surface area contributed by atoms with Gasteiger partial charge in [0.15, 0.2) is 0 Å². The van der Waals surface area contributed by atoms with Crippen LogP contribution < -0.4 is 11.1 Å². The molecule has 2 aliphatic rings. The molecular formula is C13H22F2N2O. The van der Waals surface area contributed by atoms with Crippen LogP contribution in [-0.2, 0) is 4.79 Å². The first-order valence-corrected chi connectivity index (χ1v) is 6.66. The number of alkyl halides is 2. The van der Waals surface area contributed by atoms with Gasteiger partial charge in [0.05, 0.1) is 0 Å². The second kappa shape index (κ2) is 4.44. The fraction of sp³-hybridized carbons (Fsp3) is 0.923.